The molecule has 1 aromatic heterocycles. The lowest BCUT2D eigenvalue weighted by Crippen LogP contribution is -2.24. The molecule has 4 nitrogen and oxygen atoms in total. The highest BCUT2D eigenvalue weighted by Gasteiger charge is 2.13. The number of thiol groups is 1. The van der Waals surface area contributed by atoms with Crippen LogP contribution in [0.1, 0.15) is 16.3 Å². The number of carbonyl (C=O) groups excluding carboxylic acids is 1. The van der Waals surface area contributed by atoms with Gasteiger partial charge in [0.05, 0.1) is 10.0 Å². The van der Waals surface area contributed by atoms with E-state index in [0.717, 1.165) is 0 Å². The van der Waals surface area contributed by atoms with E-state index in [1.807, 2.05) is 0 Å². The Hall–Kier alpha value is -1.01. The van der Waals surface area contributed by atoms with E-state index < -0.39 is 0 Å². The van der Waals surface area contributed by atoms with Crippen LogP contribution in [0, 0.1) is 0 Å². The van der Waals surface area contributed by atoms with Crippen LogP contribution in [0.15, 0.2) is 28.7 Å². The fourth-order valence-electron chi connectivity index (χ4n) is 1.64. The summed E-state index contributed by atoms with van der Waals surface area (Å²) >= 11 is 21.9. The molecule has 0 unspecified atom stereocenters. The number of furan rings is 1. The normalized spacial score (nSPS) is 10.5. The number of hydrogen-bond donors (Lipinski definition) is 2. The van der Waals surface area contributed by atoms with Crippen LogP contribution < -0.4 is 10.1 Å². The molecule has 0 bridgehead atoms. The van der Waals surface area contributed by atoms with Gasteiger partial charge in [-0.1, -0.05) is 34.8 Å². The van der Waals surface area contributed by atoms with Crippen molar-refractivity contribution < 1.29 is 13.9 Å². The third-order valence-corrected chi connectivity index (χ3v) is 3.61. The first-order chi connectivity index (χ1) is 10.5. The van der Waals surface area contributed by atoms with E-state index in [0.29, 0.717) is 38.9 Å². The molecule has 0 fully saturated rings. The van der Waals surface area contributed by atoms with Gasteiger partial charge in [0.15, 0.2) is 11.5 Å². The molecule has 1 amide bonds. The summed E-state index contributed by atoms with van der Waals surface area (Å²) in [6, 6.07) is 6.27. The molecular formula is C14H12Cl3NO3S. The van der Waals surface area contributed by atoms with Crippen LogP contribution >= 0.6 is 47.4 Å². The number of halogens is 3. The van der Waals surface area contributed by atoms with E-state index in [9.17, 15) is 4.79 Å². The zero-order valence-electron chi connectivity index (χ0n) is 11.2. The van der Waals surface area contributed by atoms with Crippen molar-refractivity contribution in [2.45, 2.75) is 6.61 Å². The summed E-state index contributed by atoms with van der Waals surface area (Å²) in [6.07, 6.45) is 0. The Morgan fingerprint density at radius 3 is 2.55 bits per heavy atom. The summed E-state index contributed by atoms with van der Waals surface area (Å²) in [6.45, 7) is 0.547. The predicted octanol–water partition coefficient (Wildman–Crippen LogP) is 4.48. The minimum absolute atomic E-state index is 0.0842. The van der Waals surface area contributed by atoms with Gasteiger partial charge in [-0.2, -0.15) is 12.6 Å². The number of hydrogen-bond acceptors (Lipinski definition) is 4. The van der Waals surface area contributed by atoms with Crippen molar-refractivity contribution in [3.8, 4) is 5.75 Å². The molecule has 1 heterocycles. The summed E-state index contributed by atoms with van der Waals surface area (Å²) in [5.41, 5.74) is 0. The lowest BCUT2D eigenvalue weighted by Gasteiger charge is -2.09. The number of rotatable bonds is 6. The van der Waals surface area contributed by atoms with Crippen LogP contribution in [-0.4, -0.2) is 18.2 Å². The largest absolute Gasteiger partial charge is 0.483 e. The van der Waals surface area contributed by atoms with E-state index in [-0.39, 0.29) is 18.3 Å². The van der Waals surface area contributed by atoms with Gasteiger partial charge < -0.3 is 14.5 Å². The smallest absolute Gasteiger partial charge is 0.287 e. The Kier molecular flexibility index (Phi) is 6.32. The second kappa shape index (κ2) is 8.02. The first-order valence-corrected chi connectivity index (χ1v) is 8.03. The fraction of sp³-hybridized carbons (Fsp3) is 0.214. The van der Waals surface area contributed by atoms with Gasteiger partial charge in [0.1, 0.15) is 12.4 Å². The zero-order valence-corrected chi connectivity index (χ0v) is 14.4. The lowest BCUT2D eigenvalue weighted by atomic mass is 10.3. The summed E-state index contributed by atoms with van der Waals surface area (Å²) < 4.78 is 10.9. The third-order valence-electron chi connectivity index (χ3n) is 2.60. The molecule has 22 heavy (non-hydrogen) atoms. The number of ether oxygens (including phenoxy) is 1. The third kappa shape index (κ3) is 4.49. The van der Waals surface area contributed by atoms with Gasteiger partial charge in [-0.05, 0) is 24.3 Å². The molecule has 0 aliphatic carbocycles. The summed E-state index contributed by atoms with van der Waals surface area (Å²) in [7, 11) is 0. The molecule has 118 valence electrons. The van der Waals surface area contributed by atoms with E-state index >= 15 is 0 Å². The molecule has 0 aliphatic rings. The summed E-state index contributed by atoms with van der Waals surface area (Å²) in [5, 5.41) is 3.68. The van der Waals surface area contributed by atoms with Gasteiger partial charge in [-0.25, -0.2) is 0 Å². The average Bonchev–Trinajstić information content (AvgIpc) is 2.92. The van der Waals surface area contributed by atoms with Crippen molar-refractivity contribution in [2.75, 3.05) is 12.3 Å². The standard InChI is InChI=1S/C14H12Cl3NO3S/c15-8-5-10(16)13(11(17)6-8)20-7-9-1-2-12(21-9)14(19)18-3-4-22/h1-2,5-6,22H,3-4,7H2,(H,18,19). The van der Waals surface area contributed by atoms with Crippen LogP contribution in [0.25, 0.3) is 0 Å². The van der Waals surface area contributed by atoms with Crippen molar-refractivity contribution in [3.05, 3.63) is 50.9 Å². The minimum atomic E-state index is -0.303. The van der Waals surface area contributed by atoms with Gasteiger partial charge in [-0.3, -0.25) is 4.79 Å². The van der Waals surface area contributed by atoms with Crippen molar-refractivity contribution in [1.82, 2.24) is 5.32 Å². The van der Waals surface area contributed by atoms with Gasteiger partial charge in [0.2, 0.25) is 0 Å². The van der Waals surface area contributed by atoms with E-state index in [1.165, 1.54) is 12.1 Å². The Labute approximate surface area is 148 Å². The fourth-order valence-corrected chi connectivity index (χ4v) is 2.68. The molecule has 0 radical (unpaired) electrons. The van der Waals surface area contributed by atoms with E-state index in [2.05, 4.69) is 17.9 Å². The molecule has 8 heteroatoms. The van der Waals surface area contributed by atoms with Crippen LogP contribution in [-0.2, 0) is 6.61 Å². The second-order valence-electron chi connectivity index (χ2n) is 4.23. The molecule has 1 aromatic carbocycles. The first-order valence-electron chi connectivity index (χ1n) is 6.26. The van der Waals surface area contributed by atoms with Crippen molar-refractivity contribution in [2.24, 2.45) is 0 Å². The Morgan fingerprint density at radius 2 is 1.91 bits per heavy atom. The monoisotopic (exact) mass is 379 g/mol. The molecular weight excluding hydrogens is 369 g/mol. The number of benzene rings is 1. The highest BCUT2D eigenvalue weighted by Crippen LogP contribution is 2.36. The average molecular weight is 381 g/mol. The number of carbonyl (C=O) groups is 1. The molecule has 0 saturated heterocycles. The topological polar surface area (TPSA) is 51.5 Å². The molecule has 1 N–H and O–H groups in total. The molecule has 0 spiro atoms. The predicted molar refractivity (Wildman–Crippen MR) is 90.7 cm³/mol. The van der Waals surface area contributed by atoms with Crippen LogP contribution in [0.2, 0.25) is 15.1 Å². The Morgan fingerprint density at radius 1 is 1.23 bits per heavy atom. The quantitative estimate of drug-likeness (QED) is 0.727. The highest BCUT2D eigenvalue weighted by molar-refractivity contribution is 7.80. The van der Waals surface area contributed by atoms with E-state index in [1.54, 1.807) is 12.1 Å². The maximum absolute atomic E-state index is 11.7. The van der Waals surface area contributed by atoms with Crippen LogP contribution in [0.3, 0.4) is 0 Å². The molecule has 2 aromatic rings. The highest BCUT2D eigenvalue weighted by atomic mass is 35.5. The van der Waals surface area contributed by atoms with Gasteiger partial charge in [0, 0.05) is 17.3 Å². The Bertz CT molecular complexity index is 652. The van der Waals surface area contributed by atoms with Gasteiger partial charge in [0.25, 0.3) is 5.91 Å². The van der Waals surface area contributed by atoms with Gasteiger partial charge >= 0.3 is 0 Å². The van der Waals surface area contributed by atoms with Crippen LogP contribution in [0.4, 0.5) is 0 Å². The summed E-state index contributed by atoms with van der Waals surface area (Å²) in [5.74, 6) is 1.23. The molecule has 0 aliphatic heterocycles. The maximum atomic E-state index is 11.7. The zero-order chi connectivity index (χ0) is 16.1. The van der Waals surface area contributed by atoms with Crippen molar-refractivity contribution >= 4 is 53.3 Å². The van der Waals surface area contributed by atoms with E-state index in [4.69, 9.17) is 44.0 Å². The molecule has 0 saturated carbocycles. The van der Waals surface area contributed by atoms with Crippen molar-refractivity contribution in [1.29, 1.82) is 0 Å². The lowest BCUT2D eigenvalue weighted by molar-refractivity contribution is 0.0924. The van der Waals surface area contributed by atoms with Crippen molar-refractivity contribution in [3.63, 3.8) is 0 Å². The van der Waals surface area contributed by atoms with Crippen LogP contribution in [0.5, 0.6) is 5.75 Å². The number of amides is 1. The number of nitrogens with one attached hydrogen (secondary N) is 1. The maximum Gasteiger partial charge on any atom is 0.287 e. The molecule has 2 rings (SSSR count). The summed E-state index contributed by atoms with van der Waals surface area (Å²) in [4.78, 5) is 11.7. The SMILES string of the molecule is O=C(NCCS)c1ccc(COc2c(Cl)cc(Cl)cc2Cl)o1. The minimum Gasteiger partial charge on any atom is -0.483 e. The first kappa shape index (κ1) is 17.3. The Balaban J connectivity index is 2.01. The second-order valence-corrected chi connectivity index (χ2v) is 5.93. The van der Waals surface area contributed by atoms with Gasteiger partial charge in [-0.15, -0.1) is 0 Å². The molecule has 0 atom stereocenters.